The molecule has 82 valence electrons. The normalized spacial score (nSPS) is 27.3. The Morgan fingerprint density at radius 1 is 1.57 bits per heavy atom. The summed E-state index contributed by atoms with van der Waals surface area (Å²) in [5.74, 6) is 0.888. The Morgan fingerprint density at radius 3 is 3.00 bits per heavy atom. The first-order valence-corrected chi connectivity index (χ1v) is 5.21. The molecular formula is C10H20N2O2. The maximum atomic E-state index is 11.6. The van der Waals surface area contributed by atoms with E-state index in [1.54, 1.807) is 7.11 Å². The van der Waals surface area contributed by atoms with Gasteiger partial charge in [-0.3, -0.25) is 4.79 Å². The Bertz CT molecular complexity index is 185. The third kappa shape index (κ3) is 3.64. The van der Waals surface area contributed by atoms with Crippen LogP contribution in [0.1, 0.15) is 13.3 Å². The molecule has 1 saturated heterocycles. The van der Waals surface area contributed by atoms with Gasteiger partial charge in [0.05, 0.1) is 12.5 Å². The second-order valence-electron chi connectivity index (χ2n) is 3.98. The highest BCUT2D eigenvalue weighted by molar-refractivity contribution is 5.78. The summed E-state index contributed by atoms with van der Waals surface area (Å²) in [5.41, 5.74) is 0. The fourth-order valence-corrected chi connectivity index (χ4v) is 1.78. The number of carbonyl (C=O) groups is 1. The standard InChI is InChI=1S/C10H20N2O2/c1-8-5-9(7-11-6-8)10(13)12-3-4-14-2/h8-9,11H,3-7H2,1-2H3,(H,12,13). The fourth-order valence-electron chi connectivity index (χ4n) is 1.78. The van der Waals surface area contributed by atoms with E-state index >= 15 is 0 Å². The van der Waals surface area contributed by atoms with E-state index in [9.17, 15) is 4.79 Å². The molecule has 1 heterocycles. The highest BCUT2D eigenvalue weighted by atomic mass is 16.5. The van der Waals surface area contributed by atoms with Crippen LogP contribution < -0.4 is 10.6 Å². The Labute approximate surface area is 85.4 Å². The van der Waals surface area contributed by atoms with Gasteiger partial charge in [0.15, 0.2) is 0 Å². The monoisotopic (exact) mass is 200 g/mol. The molecule has 0 radical (unpaired) electrons. The number of methoxy groups -OCH3 is 1. The molecule has 0 aromatic carbocycles. The molecule has 0 spiro atoms. The van der Waals surface area contributed by atoms with E-state index in [1.165, 1.54) is 0 Å². The van der Waals surface area contributed by atoms with E-state index in [4.69, 9.17) is 4.74 Å². The maximum absolute atomic E-state index is 11.6. The summed E-state index contributed by atoms with van der Waals surface area (Å²) in [7, 11) is 1.64. The van der Waals surface area contributed by atoms with Crippen molar-refractivity contribution in [2.45, 2.75) is 13.3 Å². The SMILES string of the molecule is COCCNC(=O)C1CNCC(C)C1. The van der Waals surface area contributed by atoms with Crippen LogP contribution in [0.15, 0.2) is 0 Å². The van der Waals surface area contributed by atoms with E-state index in [0.29, 0.717) is 19.1 Å². The minimum Gasteiger partial charge on any atom is -0.383 e. The number of rotatable bonds is 4. The lowest BCUT2D eigenvalue weighted by atomic mass is 9.91. The van der Waals surface area contributed by atoms with Crippen molar-refractivity contribution in [3.8, 4) is 0 Å². The third-order valence-corrected chi connectivity index (χ3v) is 2.55. The first-order valence-electron chi connectivity index (χ1n) is 5.21. The summed E-state index contributed by atoms with van der Waals surface area (Å²) in [6.07, 6.45) is 0.992. The molecule has 1 aliphatic rings. The summed E-state index contributed by atoms with van der Waals surface area (Å²) >= 11 is 0. The molecule has 1 amide bonds. The number of hydrogen-bond donors (Lipinski definition) is 2. The molecule has 0 aromatic heterocycles. The van der Waals surface area contributed by atoms with Gasteiger partial charge in [-0.05, 0) is 18.9 Å². The summed E-state index contributed by atoms with van der Waals surface area (Å²) in [4.78, 5) is 11.6. The summed E-state index contributed by atoms with van der Waals surface area (Å²) in [6, 6.07) is 0. The van der Waals surface area contributed by atoms with Gasteiger partial charge in [0.2, 0.25) is 5.91 Å². The van der Waals surface area contributed by atoms with Crippen molar-refractivity contribution in [3.63, 3.8) is 0 Å². The van der Waals surface area contributed by atoms with Gasteiger partial charge < -0.3 is 15.4 Å². The largest absolute Gasteiger partial charge is 0.383 e. The van der Waals surface area contributed by atoms with Crippen molar-refractivity contribution in [1.82, 2.24) is 10.6 Å². The molecule has 2 N–H and O–H groups in total. The summed E-state index contributed by atoms with van der Waals surface area (Å²) < 4.78 is 4.87. The van der Waals surface area contributed by atoms with Gasteiger partial charge in [-0.2, -0.15) is 0 Å². The molecule has 0 saturated carbocycles. The van der Waals surface area contributed by atoms with Crippen LogP contribution in [0.3, 0.4) is 0 Å². The smallest absolute Gasteiger partial charge is 0.224 e. The average Bonchev–Trinajstić information content (AvgIpc) is 2.18. The maximum Gasteiger partial charge on any atom is 0.224 e. The van der Waals surface area contributed by atoms with Gasteiger partial charge in [0, 0.05) is 20.2 Å². The zero-order valence-corrected chi connectivity index (χ0v) is 9.01. The lowest BCUT2D eigenvalue weighted by Crippen LogP contribution is -2.44. The molecule has 0 aromatic rings. The number of carbonyl (C=O) groups excluding carboxylic acids is 1. The number of nitrogens with one attached hydrogen (secondary N) is 2. The highest BCUT2D eigenvalue weighted by Crippen LogP contribution is 2.15. The molecule has 14 heavy (non-hydrogen) atoms. The molecule has 4 heteroatoms. The van der Waals surface area contributed by atoms with Crippen molar-refractivity contribution in [2.75, 3.05) is 33.4 Å². The van der Waals surface area contributed by atoms with Crippen molar-refractivity contribution >= 4 is 5.91 Å². The molecule has 0 aliphatic carbocycles. The minimum atomic E-state index is 0.135. The highest BCUT2D eigenvalue weighted by Gasteiger charge is 2.24. The lowest BCUT2D eigenvalue weighted by Gasteiger charge is -2.26. The van der Waals surface area contributed by atoms with Crippen molar-refractivity contribution in [1.29, 1.82) is 0 Å². The zero-order valence-electron chi connectivity index (χ0n) is 9.01. The molecular weight excluding hydrogens is 180 g/mol. The van der Waals surface area contributed by atoms with Crippen LogP contribution in [0.5, 0.6) is 0 Å². The first kappa shape index (κ1) is 11.5. The van der Waals surface area contributed by atoms with E-state index in [1.807, 2.05) is 0 Å². The van der Waals surface area contributed by atoms with Crippen molar-refractivity contribution < 1.29 is 9.53 Å². The van der Waals surface area contributed by atoms with Gasteiger partial charge in [0.1, 0.15) is 0 Å². The molecule has 4 nitrogen and oxygen atoms in total. The van der Waals surface area contributed by atoms with E-state index in [-0.39, 0.29) is 11.8 Å². The Balaban J connectivity index is 2.22. The topological polar surface area (TPSA) is 50.4 Å². The van der Waals surface area contributed by atoms with Crippen LogP contribution in [0.25, 0.3) is 0 Å². The van der Waals surface area contributed by atoms with Crippen LogP contribution >= 0.6 is 0 Å². The third-order valence-electron chi connectivity index (χ3n) is 2.55. The van der Waals surface area contributed by atoms with Crippen LogP contribution in [-0.2, 0) is 9.53 Å². The van der Waals surface area contributed by atoms with Crippen LogP contribution in [0, 0.1) is 11.8 Å². The number of ether oxygens (including phenoxy) is 1. The van der Waals surface area contributed by atoms with Gasteiger partial charge in [-0.25, -0.2) is 0 Å². The molecule has 1 rings (SSSR count). The van der Waals surface area contributed by atoms with Gasteiger partial charge in [-0.1, -0.05) is 6.92 Å². The van der Waals surface area contributed by atoms with Crippen LogP contribution in [-0.4, -0.2) is 39.3 Å². The van der Waals surface area contributed by atoms with Crippen LogP contribution in [0.4, 0.5) is 0 Å². The van der Waals surface area contributed by atoms with E-state index in [0.717, 1.165) is 19.5 Å². The molecule has 0 bridgehead atoms. The Kier molecular flexibility index (Phi) is 4.90. The minimum absolute atomic E-state index is 0.135. The molecule has 2 unspecified atom stereocenters. The predicted octanol–water partition coefficient (Wildman–Crippen LogP) is -0.00540. The first-order chi connectivity index (χ1) is 6.74. The van der Waals surface area contributed by atoms with Gasteiger partial charge in [0.25, 0.3) is 0 Å². The predicted molar refractivity (Wildman–Crippen MR) is 55.0 cm³/mol. The van der Waals surface area contributed by atoms with E-state index < -0.39 is 0 Å². The molecule has 1 fully saturated rings. The zero-order chi connectivity index (χ0) is 10.4. The fraction of sp³-hybridized carbons (Fsp3) is 0.900. The van der Waals surface area contributed by atoms with Gasteiger partial charge >= 0.3 is 0 Å². The lowest BCUT2D eigenvalue weighted by molar-refractivity contribution is -0.126. The summed E-state index contributed by atoms with van der Waals surface area (Å²) in [6.45, 7) is 5.20. The number of piperidine rings is 1. The molecule has 2 atom stereocenters. The average molecular weight is 200 g/mol. The van der Waals surface area contributed by atoms with Crippen molar-refractivity contribution in [2.24, 2.45) is 11.8 Å². The summed E-state index contributed by atoms with van der Waals surface area (Å²) in [5, 5.41) is 6.13. The second-order valence-corrected chi connectivity index (χ2v) is 3.98. The number of amides is 1. The van der Waals surface area contributed by atoms with E-state index in [2.05, 4.69) is 17.6 Å². The van der Waals surface area contributed by atoms with Crippen LogP contribution in [0.2, 0.25) is 0 Å². The second kappa shape index (κ2) is 5.98. The Hall–Kier alpha value is -0.610. The van der Waals surface area contributed by atoms with Gasteiger partial charge in [-0.15, -0.1) is 0 Å². The Morgan fingerprint density at radius 2 is 2.36 bits per heavy atom. The quantitative estimate of drug-likeness (QED) is 0.628. The molecule has 1 aliphatic heterocycles. The number of hydrogen-bond acceptors (Lipinski definition) is 3. The van der Waals surface area contributed by atoms with Crippen molar-refractivity contribution in [3.05, 3.63) is 0 Å².